The molecular weight excluding hydrogens is 514 g/mol. The molecule has 2 saturated heterocycles. The summed E-state index contributed by atoms with van der Waals surface area (Å²) in [5.74, 6) is -1.65. The number of halogens is 2. The Labute approximate surface area is 221 Å². The van der Waals surface area contributed by atoms with Gasteiger partial charge in [-0.05, 0) is 17.7 Å². The van der Waals surface area contributed by atoms with Gasteiger partial charge < -0.3 is 19.6 Å². The smallest absolute Gasteiger partial charge is 0.278 e. The summed E-state index contributed by atoms with van der Waals surface area (Å²) < 4.78 is 37.8. The Morgan fingerprint density at radius 3 is 2.71 bits per heavy atom. The zero-order valence-electron chi connectivity index (χ0n) is 20.2. The Hall–Kier alpha value is -3.57. The molecule has 0 aliphatic carbocycles. The molecule has 4 aliphatic rings. The standard InChI is InChI=1S/C27H24F2N4O4S/c28-17-6-5-16-22(23(17)29)19-13-37-11-9-30(19)18-4-2-1-3-15(18)24(16)33-21-14-38-12-10-31(21)27(36)25-26(35)20(34)7-8-32(25)33/h1-8,19,21,24,35H,9-14H2. The topological polar surface area (TPSA) is 78.2 Å². The number of carbonyl (C=O) groups excluding carboxylic acids is 1. The first-order valence-electron chi connectivity index (χ1n) is 12.5. The molecule has 0 spiro atoms. The molecule has 3 unspecified atom stereocenters. The number of pyridine rings is 1. The van der Waals surface area contributed by atoms with Gasteiger partial charge in [-0.15, -0.1) is 0 Å². The van der Waals surface area contributed by atoms with Crippen LogP contribution in [0.5, 0.6) is 5.75 Å². The van der Waals surface area contributed by atoms with Gasteiger partial charge in [0.15, 0.2) is 23.1 Å². The lowest BCUT2D eigenvalue weighted by Gasteiger charge is -2.51. The number of fused-ring (bicyclic) bond motifs is 7. The summed E-state index contributed by atoms with van der Waals surface area (Å²) in [6.07, 6.45) is 1.02. The van der Waals surface area contributed by atoms with Crippen LogP contribution in [0.3, 0.4) is 0 Å². The number of amides is 1. The Bertz CT molecular complexity index is 1530. The lowest BCUT2D eigenvalue weighted by atomic mass is 9.91. The third-order valence-electron chi connectivity index (χ3n) is 7.90. The zero-order valence-corrected chi connectivity index (χ0v) is 21.0. The summed E-state index contributed by atoms with van der Waals surface area (Å²) in [6.45, 7) is 1.57. The fourth-order valence-electron chi connectivity index (χ4n) is 6.25. The van der Waals surface area contributed by atoms with Gasteiger partial charge in [0.2, 0.25) is 5.43 Å². The second kappa shape index (κ2) is 8.74. The second-order valence-corrected chi connectivity index (χ2v) is 10.9. The van der Waals surface area contributed by atoms with Crippen molar-refractivity contribution in [2.75, 3.05) is 47.7 Å². The van der Waals surface area contributed by atoms with E-state index in [0.29, 0.717) is 36.8 Å². The van der Waals surface area contributed by atoms with Crippen LogP contribution in [0, 0.1) is 11.6 Å². The second-order valence-electron chi connectivity index (χ2n) is 9.77. The maximum atomic E-state index is 15.8. The summed E-state index contributed by atoms with van der Waals surface area (Å²) in [5.41, 5.74) is 1.68. The maximum absolute atomic E-state index is 15.8. The van der Waals surface area contributed by atoms with E-state index in [4.69, 9.17) is 4.74 Å². The minimum absolute atomic E-state index is 0.132. The number of morpholine rings is 1. The summed E-state index contributed by atoms with van der Waals surface area (Å²) in [7, 11) is 0. The summed E-state index contributed by atoms with van der Waals surface area (Å²) in [5, 5.41) is 12.7. The van der Waals surface area contributed by atoms with Gasteiger partial charge in [-0.3, -0.25) is 19.3 Å². The number of hydrogen-bond acceptors (Lipinski definition) is 7. The SMILES string of the molecule is O=C1c2c(O)c(=O)ccn2N(C2c3ccccc3N3CCOCC3c3c2ccc(F)c3F)C2CSCCN12. The van der Waals surface area contributed by atoms with Crippen molar-refractivity contribution in [2.24, 2.45) is 0 Å². The quantitative estimate of drug-likeness (QED) is 0.511. The van der Waals surface area contributed by atoms with Gasteiger partial charge >= 0.3 is 0 Å². The average molecular weight is 539 g/mol. The highest BCUT2D eigenvalue weighted by Crippen LogP contribution is 2.48. The molecule has 5 heterocycles. The number of aromatic hydroxyl groups is 1. The Balaban J connectivity index is 1.56. The first-order chi connectivity index (χ1) is 18.5. The number of thioether (sulfide) groups is 1. The molecule has 0 radical (unpaired) electrons. The van der Waals surface area contributed by atoms with Crippen LogP contribution < -0.4 is 15.3 Å². The van der Waals surface area contributed by atoms with Crippen LogP contribution in [0.4, 0.5) is 14.5 Å². The van der Waals surface area contributed by atoms with E-state index in [9.17, 15) is 19.1 Å². The summed E-state index contributed by atoms with van der Waals surface area (Å²) >= 11 is 1.69. The first kappa shape index (κ1) is 23.5. The number of benzene rings is 2. The average Bonchev–Trinajstić information content (AvgIpc) is 3.06. The van der Waals surface area contributed by atoms with Gasteiger partial charge in [0.25, 0.3) is 5.91 Å². The largest absolute Gasteiger partial charge is 0.502 e. The fraction of sp³-hybridized carbons (Fsp3) is 0.333. The van der Waals surface area contributed by atoms with E-state index in [1.54, 1.807) is 22.7 Å². The minimum atomic E-state index is -0.940. The number of nitrogens with zero attached hydrogens (tertiary/aromatic N) is 4. The van der Waals surface area contributed by atoms with E-state index in [-0.39, 0.29) is 17.9 Å². The number of ether oxygens (including phenoxy) is 1. The lowest BCUT2D eigenvalue weighted by Crippen LogP contribution is -2.65. The number of carbonyl (C=O) groups is 1. The van der Waals surface area contributed by atoms with Crippen LogP contribution in [0.1, 0.15) is 39.3 Å². The predicted octanol–water partition coefficient (Wildman–Crippen LogP) is 2.98. The molecule has 1 N–H and O–H groups in total. The third-order valence-corrected chi connectivity index (χ3v) is 8.91. The van der Waals surface area contributed by atoms with Crippen molar-refractivity contribution < 1.29 is 23.4 Å². The molecule has 1 amide bonds. The van der Waals surface area contributed by atoms with Gasteiger partial charge in [0, 0.05) is 53.7 Å². The normalized spacial score (nSPS) is 24.1. The van der Waals surface area contributed by atoms with Crippen molar-refractivity contribution in [3.8, 4) is 5.75 Å². The molecule has 38 heavy (non-hydrogen) atoms. The highest BCUT2D eigenvalue weighted by atomic mass is 32.2. The van der Waals surface area contributed by atoms with Gasteiger partial charge in [0.1, 0.15) is 12.2 Å². The molecule has 2 aromatic carbocycles. The van der Waals surface area contributed by atoms with Crippen LogP contribution in [-0.4, -0.2) is 64.6 Å². The minimum Gasteiger partial charge on any atom is -0.502 e. The number of rotatable bonds is 1. The molecule has 7 rings (SSSR count). The van der Waals surface area contributed by atoms with Crippen LogP contribution in [0.15, 0.2) is 53.5 Å². The van der Waals surface area contributed by atoms with E-state index < -0.39 is 47.0 Å². The van der Waals surface area contributed by atoms with E-state index in [2.05, 4.69) is 4.90 Å². The number of para-hydroxylation sites is 1. The van der Waals surface area contributed by atoms with Crippen LogP contribution in [0.2, 0.25) is 0 Å². The Morgan fingerprint density at radius 1 is 1.00 bits per heavy atom. The highest BCUT2D eigenvalue weighted by Gasteiger charge is 2.47. The predicted molar refractivity (Wildman–Crippen MR) is 138 cm³/mol. The molecule has 3 aromatic rings. The lowest BCUT2D eigenvalue weighted by molar-refractivity contribution is 0.0588. The zero-order chi connectivity index (χ0) is 26.1. The molecule has 3 atom stereocenters. The molecule has 0 saturated carbocycles. The van der Waals surface area contributed by atoms with Crippen molar-refractivity contribution in [3.05, 3.63) is 92.9 Å². The third kappa shape index (κ3) is 3.24. The van der Waals surface area contributed by atoms with Crippen molar-refractivity contribution >= 4 is 23.4 Å². The summed E-state index contributed by atoms with van der Waals surface area (Å²) in [4.78, 5) is 29.7. The van der Waals surface area contributed by atoms with E-state index >= 15 is 4.39 Å². The molecule has 0 bridgehead atoms. The molecule has 11 heteroatoms. The highest BCUT2D eigenvalue weighted by molar-refractivity contribution is 7.99. The number of hydrogen-bond donors (Lipinski definition) is 1. The monoisotopic (exact) mass is 538 g/mol. The summed E-state index contributed by atoms with van der Waals surface area (Å²) in [6, 6.07) is 10.5. The van der Waals surface area contributed by atoms with Crippen molar-refractivity contribution in [1.29, 1.82) is 0 Å². The Kier molecular flexibility index (Phi) is 5.41. The van der Waals surface area contributed by atoms with E-state index in [1.165, 1.54) is 16.9 Å². The van der Waals surface area contributed by atoms with Crippen LogP contribution in [0.25, 0.3) is 0 Å². The molecule has 1 aromatic heterocycles. The fourth-order valence-corrected chi connectivity index (χ4v) is 7.29. The van der Waals surface area contributed by atoms with Gasteiger partial charge in [-0.2, -0.15) is 11.8 Å². The van der Waals surface area contributed by atoms with Gasteiger partial charge in [0.05, 0.1) is 19.3 Å². The first-order valence-corrected chi connectivity index (χ1v) is 13.7. The molecule has 196 valence electrons. The van der Waals surface area contributed by atoms with Crippen molar-refractivity contribution in [3.63, 3.8) is 0 Å². The van der Waals surface area contributed by atoms with E-state index in [1.807, 2.05) is 29.3 Å². The van der Waals surface area contributed by atoms with Crippen molar-refractivity contribution in [2.45, 2.75) is 18.2 Å². The van der Waals surface area contributed by atoms with E-state index in [0.717, 1.165) is 17.3 Å². The molecule has 2 fully saturated rings. The number of anilines is 1. The molecule has 8 nitrogen and oxygen atoms in total. The van der Waals surface area contributed by atoms with Crippen LogP contribution in [-0.2, 0) is 4.74 Å². The molecular formula is C27H24F2N4O4S. The van der Waals surface area contributed by atoms with Crippen molar-refractivity contribution in [1.82, 2.24) is 9.58 Å². The maximum Gasteiger partial charge on any atom is 0.278 e. The number of aromatic nitrogens is 1. The van der Waals surface area contributed by atoms with Crippen LogP contribution >= 0.6 is 11.8 Å². The van der Waals surface area contributed by atoms with Gasteiger partial charge in [-0.1, -0.05) is 24.3 Å². The van der Waals surface area contributed by atoms with Gasteiger partial charge in [-0.25, -0.2) is 8.78 Å². The molecule has 4 aliphatic heterocycles. The Morgan fingerprint density at radius 2 is 1.84 bits per heavy atom.